The highest BCUT2D eigenvalue weighted by atomic mass is 16.5. The Labute approximate surface area is 168 Å². The SMILES string of the molecule is Cc1ccc(OCC(=O)NC[C@@H](c2ccc(N(C)C)cc2)[NH+]2CCCC2)cc1. The molecule has 1 aliphatic heterocycles. The molecule has 150 valence electrons. The largest absolute Gasteiger partial charge is 0.484 e. The van der Waals surface area contributed by atoms with Crippen molar-refractivity contribution >= 4 is 11.6 Å². The van der Waals surface area contributed by atoms with E-state index in [0.717, 1.165) is 18.8 Å². The molecule has 0 saturated carbocycles. The summed E-state index contributed by atoms with van der Waals surface area (Å²) >= 11 is 0. The molecule has 2 aromatic rings. The third-order valence-electron chi connectivity index (χ3n) is 5.44. The second-order valence-corrected chi connectivity index (χ2v) is 7.81. The zero-order valence-electron chi connectivity index (χ0n) is 17.2. The van der Waals surface area contributed by atoms with Crippen LogP contribution in [0.4, 0.5) is 5.69 Å². The van der Waals surface area contributed by atoms with Gasteiger partial charge in [-0.05, 0) is 31.2 Å². The Morgan fingerprint density at radius 3 is 2.32 bits per heavy atom. The zero-order valence-corrected chi connectivity index (χ0v) is 17.2. The molecule has 1 atom stereocenters. The minimum absolute atomic E-state index is 0.0463. The number of ether oxygens (including phenoxy) is 1. The minimum atomic E-state index is -0.0749. The molecule has 2 aromatic carbocycles. The van der Waals surface area contributed by atoms with Crippen molar-refractivity contribution in [1.29, 1.82) is 0 Å². The average Bonchev–Trinajstić information content (AvgIpc) is 3.22. The lowest BCUT2D eigenvalue weighted by Crippen LogP contribution is -3.11. The number of aryl methyl sites for hydroxylation is 1. The van der Waals surface area contributed by atoms with Crippen LogP contribution in [0.5, 0.6) is 5.75 Å². The maximum absolute atomic E-state index is 12.3. The summed E-state index contributed by atoms with van der Waals surface area (Å²) in [4.78, 5) is 16.0. The fourth-order valence-corrected chi connectivity index (χ4v) is 3.73. The molecule has 1 amide bonds. The molecule has 0 radical (unpaired) electrons. The Kier molecular flexibility index (Phi) is 6.93. The zero-order chi connectivity index (χ0) is 19.9. The molecule has 1 heterocycles. The number of likely N-dealkylation sites (tertiary alicyclic amines) is 1. The lowest BCUT2D eigenvalue weighted by molar-refractivity contribution is -0.918. The van der Waals surface area contributed by atoms with Crippen LogP contribution in [-0.4, -0.2) is 46.2 Å². The maximum Gasteiger partial charge on any atom is 0.258 e. The van der Waals surface area contributed by atoms with Gasteiger partial charge in [-0.15, -0.1) is 0 Å². The molecular formula is C23H32N3O2+. The van der Waals surface area contributed by atoms with Gasteiger partial charge in [0, 0.05) is 38.2 Å². The molecule has 28 heavy (non-hydrogen) atoms. The van der Waals surface area contributed by atoms with E-state index in [1.165, 1.54) is 29.7 Å². The smallest absolute Gasteiger partial charge is 0.258 e. The molecule has 0 unspecified atom stereocenters. The van der Waals surface area contributed by atoms with Crippen LogP contribution in [0.25, 0.3) is 0 Å². The van der Waals surface area contributed by atoms with Gasteiger partial charge in [0.15, 0.2) is 6.61 Å². The van der Waals surface area contributed by atoms with Gasteiger partial charge >= 0.3 is 0 Å². The monoisotopic (exact) mass is 382 g/mol. The van der Waals surface area contributed by atoms with Gasteiger partial charge in [0.05, 0.1) is 19.6 Å². The first-order chi connectivity index (χ1) is 13.5. The lowest BCUT2D eigenvalue weighted by Gasteiger charge is -2.26. The fraction of sp³-hybridized carbons (Fsp3) is 0.435. The van der Waals surface area contributed by atoms with Crippen LogP contribution in [0.15, 0.2) is 48.5 Å². The van der Waals surface area contributed by atoms with Gasteiger partial charge < -0.3 is 19.9 Å². The van der Waals surface area contributed by atoms with Crippen LogP contribution >= 0.6 is 0 Å². The number of amides is 1. The lowest BCUT2D eigenvalue weighted by atomic mass is 10.0. The van der Waals surface area contributed by atoms with Gasteiger partial charge in [-0.25, -0.2) is 0 Å². The predicted molar refractivity (Wildman–Crippen MR) is 113 cm³/mol. The van der Waals surface area contributed by atoms with Crippen molar-refractivity contribution in [3.8, 4) is 5.75 Å². The molecule has 0 bridgehead atoms. The van der Waals surface area contributed by atoms with Crippen molar-refractivity contribution in [1.82, 2.24) is 5.32 Å². The molecule has 3 rings (SSSR count). The number of nitrogens with one attached hydrogen (secondary N) is 2. The van der Waals surface area contributed by atoms with Gasteiger partial charge in [0.25, 0.3) is 5.91 Å². The van der Waals surface area contributed by atoms with Crippen LogP contribution < -0.4 is 19.9 Å². The summed E-state index contributed by atoms with van der Waals surface area (Å²) in [5.41, 5.74) is 3.64. The Morgan fingerprint density at radius 2 is 1.71 bits per heavy atom. The Morgan fingerprint density at radius 1 is 1.07 bits per heavy atom. The summed E-state index contributed by atoms with van der Waals surface area (Å²) in [5, 5.41) is 3.08. The van der Waals surface area contributed by atoms with Crippen LogP contribution in [-0.2, 0) is 4.79 Å². The molecule has 0 aliphatic carbocycles. The maximum atomic E-state index is 12.3. The fourth-order valence-electron chi connectivity index (χ4n) is 3.73. The number of hydrogen-bond donors (Lipinski definition) is 2. The van der Waals surface area contributed by atoms with Crippen molar-refractivity contribution in [2.45, 2.75) is 25.8 Å². The van der Waals surface area contributed by atoms with Crippen LogP contribution in [0, 0.1) is 6.92 Å². The third kappa shape index (κ3) is 5.49. The van der Waals surface area contributed by atoms with Crippen molar-refractivity contribution < 1.29 is 14.4 Å². The number of carbonyl (C=O) groups is 1. The normalized spacial score (nSPS) is 15.2. The number of rotatable bonds is 8. The van der Waals surface area contributed by atoms with E-state index in [1.807, 2.05) is 45.3 Å². The molecule has 5 nitrogen and oxygen atoms in total. The molecule has 2 N–H and O–H groups in total. The summed E-state index contributed by atoms with van der Waals surface area (Å²) in [6.45, 7) is 5.03. The van der Waals surface area contributed by atoms with E-state index in [0.29, 0.717) is 6.54 Å². The standard InChI is InChI=1S/C23H31N3O2/c1-18-6-12-21(13-7-18)28-17-23(27)24-16-22(26-14-4-5-15-26)19-8-10-20(11-9-19)25(2)3/h6-13,22H,4-5,14-17H2,1-3H3,(H,24,27)/p+1/t22-/m0/s1. The highest BCUT2D eigenvalue weighted by molar-refractivity contribution is 5.77. The van der Waals surface area contributed by atoms with Crippen molar-refractivity contribution in [2.75, 3.05) is 45.2 Å². The van der Waals surface area contributed by atoms with Gasteiger partial charge in [0.2, 0.25) is 0 Å². The van der Waals surface area contributed by atoms with Crippen LogP contribution in [0.1, 0.15) is 30.0 Å². The highest BCUT2D eigenvalue weighted by Gasteiger charge is 2.27. The topological polar surface area (TPSA) is 46.0 Å². The van der Waals surface area contributed by atoms with Gasteiger partial charge in [-0.1, -0.05) is 29.8 Å². The number of nitrogens with zero attached hydrogens (tertiary/aromatic N) is 1. The number of anilines is 1. The van der Waals surface area contributed by atoms with Crippen LogP contribution in [0.2, 0.25) is 0 Å². The number of carbonyl (C=O) groups excluding carboxylic acids is 1. The van der Waals surface area contributed by atoms with E-state index in [1.54, 1.807) is 4.90 Å². The Bertz CT molecular complexity index is 750. The van der Waals surface area contributed by atoms with Gasteiger partial charge in [0.1, 0.15) is 11.8 Å². The molecular weight excluding hydrogens is 350 g/mol. The number of quaternary nitrogens is 1. The molecule has 1 fully saturated rings. The van der Waals surface area contributed by atoms with E-state index in [-0.39, 0.29) is 18.6 Å². The first-order valence-corrected chi connectivity index (χ1v) is 10.1. The Hall–Kier alpha value is -2.53. The molecule has 5 heteroatoms. The highest BCUT2D eigenvalue weighted by Crippen LogP contribution is 2.17. The van der Waals surface area contributed by atoms with E-state index >= 15 is 0 Å². The van der Waals surface area contributed by atoms with Crippen molar-refractivity contribution in [2.24, 2.45) is 0 Å². The van der Waals surface area contributed by atoms with E-state index in [4.69, 9.17) is 4.74 Å². The quantitative estimate of drug-likeness (QED) is 0.734. The molecule has 1 aliphatic rings. The minimum Gasteiger partial charge on any atom is -0.484 e. The third-order valence-corrected chi connectivity index (χ3v) is 5.44. The van der Waals surface area contributed by atoms with E-state index < -0.39 is 0 Å². The van der Waals surface area contributed by atoms with Crippen molar-refractivity contribution in [3.63, 3.8) is 0 Å². The van der Waals surface area contributed by atoms with Gasteiger partial charge in [-0.2, -0.15) is 0 Å². The molecule has 1 saturated heterocycles. The number of benzene rings is 2. The molecule has 0 spiro atoms. The number of hydrogen-bond acceptors (Lipinski definition) is 3. The average molecular weight is 383 g/mol. The predicted octanol–water partition coefficient (Wildman–Crippen LogP) is 1.98. The van der Waals surface area contributed by atoms with Crippen molar-refractivity contribution in [3.05, 3.63) is 59.7 Å². The summed E-state index contributed by atoms with van der Waals surface area (Å²) in [5.74, 6) is 0.649. The first kappa shape index (κ1) is 20.2. The summed E-state index contributed by atoms with van der Waals surface area (Å²) in [6.07, 6.45) is 2.51. The summed E-state index contributed by atoms with van der Waals surface area (Å²) in [6, 6.07) is 16.7. The first-order valence-electron chi connectivity index (χ1n) is 10.1. The summed E-state index contributed by atoms with van der Waals surface area (Å²) in [7, 11) is 4.10. The van der Waals surface area contributed by atoms with Crippen LogP contribution in [0.3, 0.4) is 0 Å². The van der Waals surface area contributed by atoms with E-state index in [9.17, 15) is 4.79 Å². The molecule has 0 aromatic heterocycles. The summed E-state index contributed by atoms with van der Waals surface area (Å²) < 4.78 is 5.60. The second-order valence-electron chi connectivity index (χ2n) is 7.81. The van der Waals surface area contributed by atoms with Gasteiger partial charge in [-0.3, -0.25) is 4.79 Å². The van der Waals surface area contributed by atoms with E-state index in [2.05, 4.69) is 34.5 Å². The Balaban J connectivity index is 1.58. The second kappa shape index (κ2) is 9.60.